The van der Waals surface area contributed by atoms with Crippen molar-refractivity contribution in [1.82, 2.24) is 0 Å². The van der Waals surface area contributed by atoms with Crippen LogP contribution in [-0.4, -0.2) is 11.3 Å². The third-order valence-electron chi connectivity index (χ3n) is 3.78. The maximum Gasteiger partial charge on any atom is 0.126 e. The fraction of sp³-hybridized carbons (Fsp3) is 0.0952. The number of aryl methyl sites for hydroxylation is 2. The van der Waals surface area contributed by atoms with Crippen molar-refractivity contribution >= 4 is 31.1 Å². The lowest BCUT2D eigenvalue weighted by atomic mass is 10.1. The fourth-order valence-electron chi connectivity index (χ4n) is 2.58. The standard InChI is InChI=1S/C21H20NOP/c1-15-12-16(2)21(23)20(13-15)24-19-11-7-6-8-17(19)14-22-18-9-4-3-5-10-18/h3-14,23-24H,1-2H3. The highest BCUT2D eigenvalue weighted by Gasteiger charge is 2.08. The van der Waals surface area contributed by atoms with Crippen LogP contribution < -0.4 is 10.6 Å². The van der Waals surface area contributed by atoms with Gasteiger partial charge in [-0.3, -0.25) is 4.99 Å². The molecule has 0 heterocycles. The summed E-state index contributed by atoms with van der Waals surface area (Å²) in [7, 11) is 0.393. The fourth-order valence-corrected chi connectivity index (χ4v) is 3.96. The molecule has 3 aromatic rings. The first-order chi connectivity index (χ1) is 11.6. The number of benzene rings is 3. The van der Waals surface area contributed by atoms with Crippen LogP contribution in [0, 0.1) is 13.8 Å². The van der Waals surface area contributed by atoms with Crippen molar-refractivity contribution in [3.63, 3.8) is 0 Å². The molecule has 1 atom stereocenters. The highest BCUT2D eigenvalue weighted by molar-refractivity contribution is 7.56. The van der Waals surface area contributed by atoms with E-state index in [2.05, 4.69) is 30.1 Å². The molecule has 3 rings (SSSR count). The molecule has 3 aromatic carbocycles. The Hall–Kier alpha value is -2.44. The summed E-state index contributed by atoms with van der Waals surface area (Å²) in [4.78, 5) is 4.55. The van der Waals surface area contributed by atoms with E-state index in [1.54, 1.807) is 0 Å². The lowest BCUT2D eigenvalue weighted by Crippen LogP contribution is -2.10. The molecular formula is C21H20NOP. The Morgan fingerprint density at radius 1 is 0.875 bits per heavy atom. The lowest BCUT2D eigenvalue weighted by molar-refractivity contribution is 0.475. The highest BCUT2D eigenvalue weighted by atomic mass is 31.1. The van der Waals surface area contributed by atoms with Gasteiger partial charge in [0.15, 0.2) is 0 Å². The number of hydrogen-bond acceptors (Lipinski definition) is 2. The van der Waals surface area contributed by atoms with Crippen molar-refractivity contribution in [3.8, 4) is 5.75 Å². The number of hydrogen-bond donors (Lipinski definition) is 1. The van der Waals surface area contributed by atoms with Crippen LogP contribution in [0.25, 0.3) is 0 Å². The maximum absolute atomic E-state index is 10.4. The van der Waals surface area contributed by atoms with Crippen LogP contribution in [0.15, 0.2) is 71.7 Å². The van der Waals surface area contributed by atoms with Crippen molar-refractivity contribution in [2.75, 3.05) is 0 Å². The Morgan fingerprint density at radius 2 is 1.58 bits per heavy atom. The molecule has 1 N–H and O–H groups in total. The van der Waals surface area contributed by atoms with Crippen molar-refractivity contribution in [2.45, 2.75) is 13.8 Å². The van der Waals surface area contributed by atoms with Gasteiger partial charge in [0.1, 0.15) is 5.75 Å². The van der Waals surface area contributed by atoms with Gasteiger partial charge in [-0.1, -0.05) is 57.1 Å². The molecule has 0 aliphatic heterocycles. The van der Waals surface area contributed by atoms with E-state index >= 15 is 0 Å². The maximum atomic E-state index is 10.4. The third-order valence-corrected chi connectivity index (χ3v) is 5.16. The van der Waals surface area contributed by atoms with Gasteiger partial charge < -0.3 is 5.11 Å². The lowest BCUT2D eigenvalue weighted by Gasteiger charge is -2.11. The van der Waals surface area contributed by atoms with Crippen LogP contribution in [0.2, 0.25) is 0 Å². The number of aliphatic imine (C=N–C) groups is 1. The van der Waals surface area contributed by atoms with E-state index in [1.807, 2.05) is 61.7 Å². The SMILES string of the molecule is Cc1cc(C)c(O)c(Pc2ccccc2C=Nc2ccccc2)c1. The van der Waals surface area contributed by atoms with Crippen LogP contribution in [0.1, 0.15) is 16.7 Å². The highest BCUT2D eigenvalue weighted by Crippen LogP contribution is 2.24. The molecule has 0 saturated carbocycles. The largest absolute Gasteiger partial charge is 0.507 e. The van der Waals surface area contributed by atoms with Crippen molar-refractivity contribution in [2.24, 2.45) is 4.99 Å². The Kier molecular flexibility index (Phi) is 5.08. The first kappa shape index (κ1) is 16.4. The minimum Gasteiger partial charge on any atom is -0.507 e. The molecule has 0 amide bonds. The van der Waals surface area contributed by atoms with Gasteiger partial charge in [-0.25, -0.2) is 0 Å². The Morgan fingerprint density at radius 3 is 2.38 bits per heavy atom. The molecule has 0 aromatic heterocycles. The molecule has 3 heteroatoms. The monoisotopic (exact) mass is 333 g/mol. The number of phenols is 1. The molecule has 0 spiro atoms. The second-order valence-corrected chi connectivity index (χ2v) is 7.11. The minimum absolute atomic E-state index is 0.393. The average Bonchev–Trinajstić information content (AvgIpc) is 2.59. The molecule has 24 heavy (non-hydrogen) atoms. The summed E-state index contributed by atoms with van der Waals surface area (Å²) in [5, 5.41) is 12.5. The minimum atomic E-state index is 0.393. The number of aromatic hydroxyl groups is 1. The van der Waals surface area contributed by atoms with E-state index in [0.29, 0.717) is 14.3 Å². The first-order valence-electron chi connectivity index (χ1n) is 7.89. The zero-order chi connectivity index (χ0) is 16.9. The zero-order valence-electron chi connectivity index (χ0n) is 13.8. The zero-order valence-corrected chi connectivity index (χ0v) is 14.8. The topological polar surface area (TPSA) is 32.6 Å². The van der Waals surface area contributed by atoms with Gasteiger partial charge in [0.2, 0.25) is 0 Å². The smallest absolute Gasteiger partial charge is 0.126 e. The van der Waals surface area contributed by atoms with Gasteiger partial charge in [0.05, 0.1) is 5.69 Å². The molecule has 2 nitrogen and oxygen atoms in total. The summed E-state index contributed by atoms with van der Waals surface area (Å²) < 4.78 is 0. The Labute approximate surface area is 144 Å². The summed E-state index contributed by atoms with van der Waals surface area (Å²) in [6.07, 6.45) is 1.90. The molecular weight excluding hydrogens is 313 g/mol. The van der Waals surface area contributed by atoms with Crippen molar-refractivity contribution in [1.29, 1.82) is 0 Å². The molecule has 0 aliphatic rings. The molecule has 0 radical (unpaired) electrons. The van der Waals surface area contributed by atoms with Crippen molar-refractivity contribution < 1.29 is 5.11 Å². The van der Waals surface area contributed by atoms with E-state index < -0.39 is 0 Å². The van der Waals surface area contributed by atoms with Gasteiger partial charge in [0.25, 0.3) is 0 Å². The van der Waals surface area contributed by atoms with Gasteiger partial charge >= 0.3 is 0 Å². The Bertz CT molecular complexity index is 872. The number of rotatable bonds is 4. The van der Waals surface area contributed by atoms with E-state index in [0.717, 1.165) is 22.1 Å². The second kappa shape index (κ2) is 7.42. The predicted molar refractivity (Wildman–Crippen MR) is 105 cm³/mol. The average molecular weight is 333 g/mol. The molecule has 1 unspecified atom stereocenters. The normalized spacial score (nSPS) is 11.6. The van der Waals surface area contributed by atoms with E-state index in [4.69, 9.17) is 0 Å². The Balaban J connectivity index is 1.92. The predicted octanol–water partition coefficient (Wildman–Crippen LogP) is 4.39. The van der Waals surface area contributed by atoms with E-state index in [9.17, 15) is 5.11 Å². The quantitative estimate of drug-likeness (QED) is 0.557. The number of para-hydroxylation sites is 1. The van der Waals surface area contributed by atoms with Gasteiger partial charge in [-0.2, -0.15) is 0 Å². The second-order valence-electron chi connectivity index (χ2n) is 5.78. The third kappa shape index (κ3) is 3.90. The van der Waals surface area contributed by atoms with E-state index in [-0.39, 0.29) is 0 Å². The number of phenolic OH excluding ortho intramolecular Hbond substituents is 1. The first-order valence-corrected chi connectivity index (χ1v) is 8.89. The molecule has 0 bridgehead atoms. The van der Waals surface area contributed by atoms with Crippen LogP contribution in [0.4, 0.5) is 5.69 Å². The van der Waals surface area contributed by atoms with Crippen LogP contribution >= 0.6 is 8.58 Å². The molecule has 120 valence electrons. The molecule has 0 aliphatic carbocycles. The molecule has 0 fully saturated rings. The van der Waals surface area contributed by atoms with Gasteiger partial charge in [-0.15, -0.1) is 0 Å². The van der Waals surface area contributed by atoms with Gasteiger partial charge in [0, 0.05) is 17.1 Å². The summed E-state index contributed by atoms with van der Waals surface area (Å²) in [5.74, 6) is 0.397. The molecule has 0 saturated heterocycles. The van der Waals surface area contributed by atoms with E-state index in [1.165, 1.54) is 10.9 Å². The number of nitrogens with zero attached hydrogens (tertiary/aromatic N) is 1. The summed E-state index contributed by atoms with van der Waals surface area (Å²) >= 11 is 0. The van der Waals surface area contributed by atoms with Crippen LogP contribution in [0.5, 0.6) is 5.75 Å². The van der Waals surface area contributed by atoms with Crippen LogP contribution in [-0.2, 0) is 0 Å². The van der Waals surface area contributed by atoms with Crippen LogP contribution in [0.3, 0.4) is 0 Å². The summed E-state index contributed by atoms with van der Waals surface area (Å²) in [6.45, 7) is 4.00. The van der Waals surface area contributed by atoms with Crippen molar-refractivity contribution in [3.05, 3.63) is 83.4 Å². The summed E-state index contributed by atoms with van der Waals surface area (Å²) in [6, 6.07) is 22.2. The van der Waals surface area contributed by atoms with Gasteiger partial charge in [-0.05, 0) is 48.5 Å². The summed E-state index contributed by atoms with van der Waals surface area (Å²) in [5.41, 5.74) is 4.11.